The molecule has 2 heterocycles. The number of furan rings is 2. The van der Waals surface area contributed by atoms with Crippen LogP contribution in [0.2, 0.25) is 0 Å². The van der Waals surface area contributed by atoms with Gasteiger partial charge in [-0.1, -0.05) is 0 Å². The summed E-state index contributed by atoms with van der Waals surface area (Å²) >= 11 is -1.26. The quantitative estimate of drug-likeness (QED) is 0.182. The van der Waals surface area contributed by atoms with E-state index in [1.54, 1.807) is 0 Å². The van der Waals surface area contributed by atoms with Crippen LogP contribution in [-0.4, -0.2) is 0 Å². The molecule has 0 N–H and O–H groups in total. The predicted molar refractivity (Wildman–Crippen MR) is 172 cm³/mol. The van der Waals surface area contributed by atoms with Crippen molar-refractivity contribution in [3.63, 3.8) is 0 Å². The molecule has 0 fully saturated rings. The first kappa shape index (κ1) is 26.4. The third-order valence-electron chi connectivity index (χ3n) is 8.68. The summed E-state index contributed by atoms with van der Waals surface area (Å²) in [6.45, 7) is 4.07. The number of aryl methyl sites for hydroxylation is 2. The molecule has 8 rings (SSSR count). The molecule has 0 saturated carbocycles. The molecule has 2 aliphatic carbocycles. The van der Waals surface area contributed by atoms with E-state index in [2.05, 4.69) is 133 Å². The fourth-order valence-corrected chi connectivity index (χ4v) is 11.6. The Morgan fingerprint density at radius 2 is 0.907 bits per heavy atom. The van der Waals surface area contributed by atoms with Gasteiger partial charge in [0, 0.05) is 0 Å². The van der Waals surface area contributed by atoms with E-state index in [0.717, 1.165) is 23.0 Å². The first-order valence-electron chi connectivity index (χ1n) is 14.8. The Morgan fingerprint density at radius 1 is 0.465 bits per heavy atom. The second kappa shape index (κ2) is 10.8. The number of benzene rings is 4. The normalized spacial score (nSPS) is 16.9. The Hall–Kier alpha value is -4.20. The molecule has 0 bridgehead atoms. The zero-order chi connectivity index (χ0) is 28.9. The van der Waals surface area contributed by atoms with Gasteiger partial charge in [-0.05, 0) is 0 Å². The van der Waals surface area contributed by atoms with Gasteiger partial charge in [-0.15, -0.1) is 0 Å². The van der Waals surface area contributed by atoms with Gasteiger partial charge < -0.3 is 0 Å². The fraction of sp³-hybridized carbons (Fsp3) is 0.100. The summed E-state index contributed by atoms with van der Waals surface area (Å²) < 4.78 is 13.3. The maximum atomic E-state index is 6.33. The second-order valence-electron chi connectivity index (χ2n) is 11.4. The van der Waals surface area contributed by atoms with E-state index < -0.39 is 23.2 Å². The zero-order valence-electron chi connectivity index (χ0n) is 24.2. The topological polar surface area (TPSA) is 26.3 Å². The van der Waals surface area contributed by atoms with Gasteiger partial charge in [0.2, 0.25) is 0 Å². The van der Waals surface area contributed by atoms with E-state index in [0.29, 0.717) is 7.25 Å². The van der Waals surface area contributed by atoms with E-state index >= 15 is 0 Å². The Labute approximate surface area is 264 Å². The fourth-order valence-electron chi connectivity index (χ4n) is 6.68. The van der Waals surface area contributed by atoms with Crippen LogP contribution < -0.4 is 0 Å². The van der Waals surface area contributed by atoms with Gasteiger partial charge in [-0.2, -0.15) is 0 Å². The first-order chi connectivity index (χ1) is 21.1. The van der Waals surface area contributed by atoms with Gasteiger partial charge in [0.15, 0.2) is 0 Å². The number of rotatable bonds is 6. The van der Waals surface area contributed by atoms with Crippen molar-refractivity contribution < 1.29 is 32.1 Å². The van der Waals surface area contributed by atoms with Crippen LogP contribution in [0.3, 0.4) is 0 Å². The molecule has 0 aliphatic heterocycles. The maximum absolute atomic E-state index is 6.33. The van der Waals surface area contributed by atoms with Crippen LogP contribution in [0.5, 0.6) is 0 Å². The number of allylic oxidation sites excluding steroid dienone is 2. The van der Waals surface area contributed by atoms with Crippen molar-refractivity contribution >= 4 is 23.3 Å². The van der Waals surface area contributed by atoms with Crippen molar-refractivity contribution in [2.45, 2.75) is 21.1 Å². The minimum absolute atomic E-state index is 0.337. The number of hydrogen-bond acceptors (Lipinski definition) is 2. The zero-order valence-corrected chi connectivity index (χ0v) is 26.6. The molecule has 2 unspecified atom stereocenters. The average molecular weight is 634 g/mol. The van der Waals surface area contributed by atoms with Crippen LogP contribution in [-0.2, 0) is 23.2 Å². The molecule has 0 amide bonds. The molecule has 3 heteroatoms. The van der Waals surface area contributed by atoms with E-state index in [1.807, 2.05) is 13.8 Å². The second-order valence-corrected chi connectivity index (χ2v) is 15.1. The Kier molecular flexibility index (Phi) is 6.65. The molecule has 43 heavy (non-hydrogen) atoms. The van der Waals surface area contributed by atoms with Crippen LogP contribution in [0.4, 0.5) is 0 Å². The SMILES string of the molecule is Cc1ccc(C2=Cc3c(-c4ccccc4)cccc3[CH]2[Zr][CH]2C(c3ccc(C)o3)=Cc3c(-c4ccccc4)cccc32)o1. The molecule has 2 aromatic heterocycles. The summed E-state index contributed by atoms with van der Waals surface area (Å²) in [6, 6.07) is 43.7. The van der Waals surface area contributed by atoms with Crippen molar-refractivity contribution in [3.8, 4) is 22.3 Å². The Bertz CT molecular complexity index is 1880. The molecule has 0 spiro atoms. The van der Waals surface area contributed by atoms with Gasteiger partial charge in [-0.25, -0.2) is 0 Å². The standard InChI is InChI=1S/2C20H15O.Zr/c2*1-14-10-11-20(21-14)17-12-16-8-5-9-18(19(16)13-17)15-6-3-2-4-7-15;/h2*2-13H,1H3;. The number of hydrogen-bond donors (Lipinski definition) is 0. The number of fused-ring (bicyclic) bond motifs is 2. The summed E-state index contributed by atoms with van der Waals surface area (Å²) in [5.74, 6) is 3.89. The van der Waals surface area contributed by atoms with Crippen molar-refractivity contribution in [1.29, 1.82) is 0 Å². The van der Waals surface area contributed by atoms with Crippen molar-refractivity contribution in [2.24, 2.45) is 0 Å². The molecule has 6 aromatic rings. The van der Waals surface area contributed by atoms with Crippen molar-refractivity contribution in [2.75, 3.05) is 0 Å². The van der Waals surface area contributed by atoms with E-state index in [9.17, 15) is 0 Å². The summed E-state index contributed by atoms with van der Waals surface area (Å²) in [7, 11) is 0. The van der Waals surface area contributed by atoms with Gasteiger partial charge in [0.1, 0.15) is 0 Å². The van der Waals surface area contributed by atoms with Gasteiger partial charge in [-0.3, -0.25) is 0 Å². The Morgan fingerprint density at radius 3 is 1.30 bits per heavy atom. The van der Waals surface area contributed by atoms with Crippen LogP contribution in [0.1, 0.15) is 52.5 Å². The molecule has 2 aliphatic rings. The minimum atomic E-state index is -1.26. The van der Waals surface area contributed by atoms with Crippen LogP contribution in [0, 0.1) is 13.8 Å². The summed E-state index contributed by atoms with van der Waals surface area (Å²) in [4.78, 5) is 0. The molecule has 2 nitrogen and oxygen atoms in total. The van der Waals surface area contributed by atoms with Crippen LogP contribution in [0.15, 0.2) is 130 Å². The van der Waals surface area contributed by atoms with Gasteiger partial charge in [0.05, 0.1) is 0 Å². The molecular formula is C40H30O2Zr. The molecule has 206 valence electrons. The van der Waals surface area contributed by atoms with E-state index in [-0.39, 0.29) is 0 Å². The predicted octanol–water partition coefficient (Wildman–Crippen LogP) is 10.8. The molecular weight excluding hydrogens is 604 g/mol. The molecule has 4 aromatic carbocycles. The van der Waals surface area contributed by atoms with Crippen molar-refractivity contribution in [1.82, 2.24) is 0 Å². The van der Waals surface area contributed by atoms with Gasteiger partial charge >= 0.3 is 265 Å². The molecule has 0 radical (unpaired) electrons. The van der Waals surface area contributed by atoms with E-state index in [4.69, 9.17) is 8.83 Å². The molecule has 2 atom stereocenters. The third kappa shape index (κ3) is 4.68. The monoisotopic (exact) mass is 632 g/mol. The summed E-state index contributed by atoms with van der Waals surface area (Å²) in [6.07, 6.45) is 4.83. The summed E-state index contributed by atoms with van der Waals surface area (Å²) in [5.41, 5.74) is 13.2. The van der Waals surface area contributed by atoms with Gasteiger partial charge in [0.25, 0.3) is 0 Å². The third-order valence-corrected chi connectivity index (χ3v) is 13.4. The van der Waals surface area contributed by atoms with Crippen LogP contribution >= 0.6 is 0 Å². The van der Waals surface area contributed by atoms with E-state index in [1.165, 1.54) is 55.7 Å². The molecule has 0 saturated heterocycles. The Balaban J connectivity index is 1.28. The first-order valence-corrected chi connectivity index (χ1v) is 17.7. The van der Waals surface area contributed by atoms with Crippen LogP contribution in [0.25, 0.3) is 45.6 Å². The summed E-state index contributed by atoms with van der Waals surface area (Å²) in [5, 5.41) is 0. The van der Waals surface area contributed by atoms with Crippen molar-refractivity contribution in [3.05, 3.63) is 167 Å². The average Bonchev–Trinajstić information content (AvgIpc) is 3.84.